The zero-order chi connectivity index (χ0) is 13.2. The van der Waals surface area contributed by atoms with Gasteiger partial charge in [-0.3, -0.25) is 0 Å². The summed E-state index contributed by atoms with van der Waals surface area (Å²) >= 11 is 0. The van der Waals surface area contributed by atoms with Crippen LogP contribution in [0.2, 0.25) is 19.1 Å². The fourth-order valence-electron chi connectivity index (χ4n) is 2.95. The van der Waals surface area contributed by atoms with Gasteiger partial charge in [0.15, 0.2) is 0 Å². The summed E-state index contributed by atoms with van der Waals surface area (Å²) in [5.41, 5.74) is 0. The van der Waals surface area contributed by atoms with E-state index >= 15 is 0 Å². The van der Waals surface area contributed by atoms with Gasteiger partial charge in [-0.2, -0.15) is 0 Å². The van der Waals surface area contributed by atoms with E-state index < -0.39 is 8.07 Å². The van der Waals surface area contributed by atoms with Crippen LogP contribution < -0.4 is 5.19 Å². The van der Waals surface area contributed by atoms with E-state index in [4.69, 9.17) is 4.74 Å². The average Bonchev–Trinajstić information content (AvgIpc) is 2.78. The van der Waals surface area contributed by atoms with Crippen molar-refractivity contribution in [1.29, 1.82) is 0 Å². The minimum Gasteiger partial charge on any atom is -0.375 e. The molecule has 2 atom stereocenters. The lowest BCUT2D eigenvalue weighted by Gasteiger charge is -2.27. The van der Waals surface area contributed by atoms with Gasteiger partial charge >= 0.3 is 0 Å². The molecule has 100 valence electrons. The Morgan fingerprint density at radius 2 is 1.83 bits per heavy atom. The monoisotopic (exact) mass is 262 g/mol. The molecule has 0 spiro atoms. The molecule has 1 nitrogen and oxygen atoms in total. The minimum atomic E-state index is -1.33. The number of benzene rings is 1. The lowest BCUT2D eigenvalue weighted by atomic mass is 10.0. The van der Waals surface area contributed by atoms with Gasteiger partial charge in [0, 0.05) is 0 Å². The molecule has 0 saturated carbocycles. The molecule has 1 aliphatic heterocycles. The minimum absolute atomic E-state index is 0.496. The molecule has 2 heteroatoms. The third kappa shape index (κ3) is 3.24. The zero-order valence-electron chi connectivity index (χ0n) is 12.1. The molecule has 0 aromatic heterocycles. The quantitative estimate of drug-likeness (QED) is 0.750. The summed E-state index contributed by atoms with van der Waals surface area (Å²) in [6, 6.07) is 12.3. The summed E-state index contributed by atoms with van der Waals surface area (Å²) in [7, 11) is -1.33. The first-order chi connectivity index (χ1) is 8.49. The molecule has 0 bridgehead atoms. The van der Waals surface area contributed by atoms with Crippen molar-refractivity contribution < 1.29 is 4.74 Å². The molecule has 2 rings (SSSR count). The smallest absolute Gasteiger partial charge is 0.0831 e. The number of hydrogen-bond donors (Lipinski definition) is 0. The van der Waals surface area contributed by atoms with Crippen LogP contribution in [-0.4, -0.2) is 20.3 Å². The molecule has 1 aliphatic rings. The highest BCUT2D eigenvalue weighted by molar-refractivity contribution is 6.89. The molecule has 1 saturated heterocycles. The van der Waals surface area contributed by atoms with Crippen LogP contribution in [0.1, 0.15) is 26.7 Å². The van der Waals surface area contributed by atoms with Crippen molar-refractivity contribution in [3.63, 3.8) is 0 Å². The molecule has 1 aromatic carbocycles. The summed E-state index contributed by atoms with van der Waals surface area (Å²) in [6.07, 6.45) is 3.50. The molecule has 0 aliphatic carbocycles. The second-order valence-electron chi connectivity index (χ2n) is 6.57. The van der Waals surface area contributed by atoms with Crippen molar-refractivity contribution in [2.75, 3.05) is 0 Å². The standard InChI is InChI=1S/C16H26OSi/c1-13(2)16-11-10-14(17-16)12-18(3,4)15-8-6-5-7-9-15/h5-9,13-14,16H,10-12H2,1-4H3. The van der Waals surface area contributed by atoms with Gasteiger partial charge in [0.1, 0.15) is 0 Å². The van der Waals surface area contributed by atoms with Crippen molar-refractivity contribution in [3.8, 4) is 0 Å². The summed E-state index contributed by atoms with van der Waals surface area (Å²) in [5, 5.41) is 1.56. The van der Waals surface area contributed by atoms with E-state index in [1.54, 1.807) is 5.19 Å². The SMILES string of the molecule is CC(C)C1CCC(C[Si](C)(C)c2ccccc2)O1. The molecule has 18 heavy (non-hydrogen) atoms. The highest BCUT2D eigenvalue weighted by Gasteiger charge is 2.33. The van der Waals surface area contributed by atoms with Gasteiger partial charge in [0.25, 0.3) is 0 Å². The van der Waals surface area contributed by atoms with Crippen molar-refractivity contribution in [2.45, 2.75) is 58.0 Å². The van der Waals surface area contributed by atoms with Crippen LogP contribution in [-0.2, 0) is 4.74 Å². The maximum Gasteiger partial charge on any atom is 0.0831 e. The fraction of sp³-hybridized carbons (Fsp3) is 0.625. The van der Waals surface area contributed by atoms with Gasteiger partial charge in [-0.05, 0) is 24.8 Å². The van der Waals surface area contributed by atoms with Gasteiger partial charge in [-0.15, -0.1) is 0 Å². The number of ether oxygens (including phenoxy) is 1. The van der Waals surface area contributed by atoms with Crippen molar-refractivity contribution in [1.82, 2.24) is 0 Å². The fourth-order valence-corrected chi connectivity index (χ4v) is 5.72. The van der Waals surface area contributed by atoms with Crippen LogP contribution in [0.15, 0.2) is 30.3 Å². The third-order valence-electron chi connectivity index (χ3n) is 4.18. The largest absolute Gasteiger partial charge is 0.375 e. The van der Waals surface area contributed by atoms with Crippen LogP contribution >= 0.6 is 0 Å². The normalized spacial score (nSPS) is 24.7. The van der Waals surface area contributed by atoms with E-state index in [1.807, 2.05) is 0 Å². The molecule has 1 aromatic rings. The second-order valence-corrected chi connectivity index (χ2v) is 11.3. The zero-order valence-corrected chi connectivity index (χ0v) is 13.1. The molecule has 1 heterocycles. The first kappa shape index (κ1) is 13.8. The summed E-state index contributed by atoms with van der Waals surface area (Å²) in [5.74, 6) is 0.663. The Hall–Kier alpha value is -0.603. The molecule has 2 unspecified atom stereocenters. The van der Waals surface area contributed by atoms with Crippen molar-refractivity contribution in [3.05, 3.63) is 30.3 Å². The van der Waals surface area contributed by atoms with Crippen molar-refractivity contribution >= 4 is 13.3 Å². The Kier molecular flexibility index (Phi) is 4.28. The maximum absolute atomic E-state index is 6.21. The van der Waals surface area contributed by atoms with Crippen LogP contribution in [0.4, 0.5) is 0 Å². The first-order valence-electron chi connectivity index (χ1n) is 7.20. The molecule has 1 fully saturated rings. The van der Waals surface area contributed by atoms with E-state index in [1.165, 1.54) is 18.9 Å². The van der Waals surface area contributed by atoms with Crippen LogP contribution in [0.5, 0.6) is 0 Å². The first-order valence-corrected chi connectivity index (χ1v) is 10.4. The topological polar surface area (TPSA) is 9.23 Å². The predicted octanol–water partition coefficient (Wildman–Crippen LogP) is 3.81. The van der Waals surface area contributed by atoms with Gasteiger partial charge < -0.3 is 4.74 Å². The van der Waals surface area contributed by atoms with E-state index in [-0.39, 0.29) is 0 Å². The maximum atomic E-state index is 6.21. The van der Waals surface area contributed by atoms with Gasteiger partial charge in [0.05, 0.1) is 20.3 Å². The Morgan fingerprint density at radius 3 is 2.39 bits per heavy atom. The molecule has 0 N–H and O–H groups in total. The van der Waals surface area contributed by atoms with Crippen LogP contribution in [0.3, 0.4) is 0 Å². The highest BCUT2D eigenvalue weighted by atomic mass is 28.3. The Labute approximate surface area is 113 Å². The Bertz CT molecular complexity index is 372. The molecular formula is C16H26OSi. The lowest BCUT2D eigenvalue weighted by molar-refractivity contribution is 0.0283. The van der Waals surface area contributed by atoms with Gasteiger partial charge in [0.2, 0.25) is 0 Å². The Balaban J connectivity index is 1.97. The third-order valence-corrected chi connectivity index (χ3v) is 7.55. The summed E-state index contributed by atoms with van der Waals surface area (Å²) < 4.78 is 6.21. The number of hydrogen-bond acceptors (Lipinski definition) is 1. The molecular weight excluding hydrogens is 236 g/mol. The molecule has 0 radical (unpaired) electrons. The summed E-state index contributed by atoms with van der Waals surface area (Å²) in [6.45, 7) is 9.47. The van der Waals surface area contributed by atoms with E-state index in [0.29, 0.717) is 18.1 Å². The Morgan fingerprint density at radius 1 is 1.17 bits per heavy atom. The van der Waals surface area contributed by atoms with Gasteiger partial charge in [-0.1, -0.05) is 62.5 Å². The van der Waals surface area contributed by atoms with E-state index in [2.05, 4.69) is 57.3 Å². The highest BCUT2D eigenvalue weighted by Crippen LogP contribution is 2.30. The lowest BCUT2D eigenvalue weighted by Crippen LogP contribution is -2.44. The summed E-state index contributed by atoms with van der Waals surface area (Å²) in [4.78, 5) is 0. The van der Waals surface area contributed by atoms with Crippen LogP contribution in [0, 0.1) is 5.92 Å². The average molecular weight is 262 g/mol. The molecule has 0 amide bonds. The predicted molar refractivity (Wildman–Crippen MR) is 81.1 cm³/mol. The van der Waals surface area contributed by atoms with E-state index in [9.17, 15) is 0 Å². The van der Waals surface area contributed by atoms with Gasteiger partial charge in [-0.25, -0.2) is 0 Å². The van der Waals surface area contributed by atoms with E-state index in [0.717, 1.165) is 0 Å². The number of rotatable bonds is 4. The van der Waals surface area contributed by atoms with Crippen molar-refractivity contribution in [2.24, 2.45) is 5.92 Å². The second kappa shape index (κ2) is 5.58. The van der Waals surface area contributed by atoms with Crippen LogP contribution in [0.25, 0.3) is 0 Å².